The molecule has 0 aliphatic heterocycles. The zero-order chi connectivity index (χ0) is 16.0. The van der Waals surface area contributed by atoms with Crippen LogP contribution >= 0.6 is 9.24 Å². The van der Waals surface area contributed by atoms with Gasteiger partial charge in [0.25, 0.3) is 0 Å². The van der Waals surface area contributed by atoms with Crippen LogP contribution in [-0.2, 0) is 0 Å². The number of rotatable bonds is 4. The average Bonchev–Trinajstić information content (AvgIpc) is 3.34. The quantitative estimate of drug-likeness (QED) is 0.747. The van der Waals surface area contributed by atoms with Gasteiger partial charge in [-0.15, -0.1) is 9.24 Å². The summed E-state index contributed by atoms with van der Waals surface area (Å²) in [7, 11) is 2.49. The molecule has 23 heavy (non-hydrogen) atoms. The smallest absolute Gasteiger partial charge is 0.143 e. The zero-order valence-corrected chi connectivity index (χ0v) is 13.5. The van der Waals surface area contributed by atoms with E-state index >= 15 is 0 Å². The Labute approximate surface area is 134 Å². The summed E-state index contributed by atoms with van der Waals surface area (Å²) in [5, 5.41) is 17.9. The Morgan fingerprint density at radius 2 is 2.17 bits per heavy atom. The molecule has 118 valence electrons. The highest BCUT2D eigenvalue weighted by molar-refractivity contribution is 7.16. The molecule has 2 aromatic heterocycles. The number of imidazole rings is 1. The second-order valence-corrected chi connectivity index (χ2v) is 6.26. The van der Waals surface area contributed by atoms with E-state index in [4.69, 9.17) is 0 Å². The second kappa shape index (κ2) is 5.62. The summed E-state index contributed by atoms with van der Waals surface area (Å²) < 4.78 is 15.7. The molecule has 1 fully saturated rings. The van der Waals surface area contributed by atoms with Crippen LogP contribution in [0.3, 0.4) is 0 Å². The van der Waals surface area contributed by atoms with Crippen molar-refractivity contribution in [2.75, 3.05) is 6.16 Å². The van der Waals surface area contributed by atoms with Crippen molar-refractivity contribution in [1.29, 1.82) is 0 Å². The van der Waals surface area contributed by atoms with Crippen molar-refractivity contribution in [3.63, 3.8) is 0 Å². The topological polar surface area (TPSA) is 63.8 Å². The first-order valence-corrected chi connectivity index (χ1v) is 8.37. The normalized spacial score (nSPS) is 16.0. The molecule has 0 radical (unpaired) electrons. The van der Waals surface area contributed by atoms with Crippen LogP contribution in [0.2, 0.25) is 0 Å². The predicted octanol–water partition coefficient (Wildman–Crippen LogP) is 2.88. The predicted molar refractivity (Wildman–Crippen MR) is 88.5 cm³/mol. The molecular formula is C16H16FN4OP. The minimum Gasteiger partial charge on any atom is -0.386 e. The Hall–Kier alpha value is -1.91. The molecular weight excluding hydrogens is 314 g/mol. The van der Waals surface area contributed by atoms with E-state index in [1.807, 2.05) is 0 Å². The Morgan fingerprint density at radius 1 is 1.35 bits per heavy atom. The standard InChI is InChI=1S/C16H16FN4OP/c17-10-1-4-12-14(6-10)21(11-2-3-11)16(19-12)9-5-13(15(22)8-23)20-18-7-9/h1,4-7,11,15,22H,2-3,8,23H2. The van der Waals surface area contributed by atoms with Crippen molar-refractivity contribution >= 4 is 20.3 Å². The molecule has 5 nitrogen and oxygen atoms in total. The molecule has 2 atom stereocenters. The van der Waals surface area contributed by atoms with Crippen molar-refractivity contribution in [2.45, 2.75) is 25.0 Å². The number of fused-ring (bicyclic) bond motifs is 1. The number of aliphatic hydroxyl groups excluding tert-OH is 1. The van der Waals surface area contributed by atoms with Gasteiger partial charge in [-0.25, -0.2) is 9.37 Å². The minimum absolute atomic E-state index is 0.266. The molecule has 0 bridgehead atoms. The molecule has 4 rings (SSSR count). The highest BCUT2D eigenvalue weighted by atomic mass is 31.0. The number of nitrogens with zero attached hydrogens (tertiary/aromatic N) is 4. The molecule has 0 amide bonds. The largest absolute Gasteiger partial charge is 0.386 e. The lowest BCUT2D eigenvalue weighted by Crippen LogP contribution is -2.04. The molecule has 1 aliphatic rings. The van der Waals surface area contributed by atoms with Crippen molar-refractivity contribution in [3.05, 3.63) is 42.0 Å². The van der Waals surface area contributed by atoms with Crippen LogP contribution in [0, 0.1) is 5.82 Å². The van der Waals surface area contributed by atoms with Crippen molar-refractivity contribution in [3.8, 4) is 11.4 Å². The second-order valence-electron chi connectivity index (χ2n) is 5.79. The van der Waals surface area contributed by atoms with Crippen molar-refractivity contribution in [1.82, 2.24) is 19.7 Å². The van der Waals surface area contributed by atoms with Gasteiger partial charge in [0.15, 0.2) is 0 Å². The highest BCUT2D eigenvalue weighted by Gasteiger charge is 2.29. The summed E-state index contributed by atoms with van der Waals surface area (Å²) in [5.41, 5.74) is 2.86. The van der Waals surface area contributed by atoms with E-state index in [-0.39, 0.29) is 5.82 Å². The fraction of sp³-hybridized carbons (Fsp3) is 0.312. The average molecular weight is 330 g/mol. The fourth-order valence-electron chi connectivity index (χ4n) is 2.76. The molecule has 3 aromatic rings. The lowest BCUT2D eigenvalue weighted by molar-refractivity contribution is 0.197. The molecule has 0 spiro atoms. The monoisotopic (exact) mass is 330 g/mol. The highest BCUT2D eigenvalue weighted by Crippen LogP contribution is 2.41. The Kier molecular flexibility index (Phi) is 3.58. The SMILES string of the molecule is OC(CP)c1cc(-c2nc3ccc(F)cc3n2C2CC2)cnn1. The number of hydrogen-bond acceptors (Lipinski definition) is 4. The third-order valence-corrected chi connectivity index (χ3v) is 4.51. The van der Waals surface area contributed by atoms with Gasteiger partial charge < -0.3 is 9.67 Å². The first-order valence-electron chi connectivity index (χ1n) is 7.56. The maximum Gasteiger partial charge on any atom is 0.143 e. The summed E-state index contributed by atoms with van der Waals surface area (Å²) in [4.78, 5) is 4.65. The molecule has 1 aromatic carbocycles. The van der Waals surface area contributed by atoms with E-state index in [0.29, 0.717) is 17.9 Å². The van der Waals surface area contributed by atoms with E-state index in [1.54, 1.807) is 18.3 Å². The van der Waals surface area contributed by atoms with Crippen LogP contribution in [-0.4, -0.2) is 31.0 Å². The molecule has 2 heterocycles. The lowest BCUT2D eigenvalue weighted by Gasteiger charge is -2.10. The van der Waals surface area contributed by atoms with Crippen LogP contribution in [0.4, 0.5) is 4.39 Å². The van der Waals surface area contributed by atoms with E-state index in [2.05, 4.69) is 29.0 Å². The van der Waals surface area contributed by atoms with E-state index in [0.717, 1.165) is 35.3 Å². The number of halogens is 1. The van der Waals surface area contributed by atoms with Crippen molar-refractivity contribution < 1.29 is 9.50 Å². The number of hydrogen-bond donors (Lipinski definition) is 1. The molecule has 7 heteroatoms. The Bertz CT molecular complexity index is 878. The van der Waals surface area contributed by atoms with Gasteiger partial charge in [-0.05, 0) is 43.3 Å². The molecule has 1 saturated carbocycles. The molecule has 1 N–H and O–H groups in total. The van der Waals surface area contributed by atoms with Crippen LogP contribution in [0.25, 0.3) is 22.4 Å². The van der Waals surface area contributed by atoms with E-state index in [1.165, 1.54) is 12.1 Å². The van der Waals surface area contributed by atoms with Gasteiger partial charge in [0.05, 0.1) is 22.9 Å². The van der Waals surface area contributed by atoms with Gasteiger partial charge in [-0.2, -0.15) is 10.2 Å². The van der Waals surface area contributed by atoms with Crippen LogP contribution in [0.15, 0.2) is 30.5 Å². The summed E-state index contributed by atoms with van der Waals surface area (Å²) in [6.45, 7) is 0. The third kappa shape index (κ3) is 2.62. The van der Waals surface area contributed by atoms with Gasteiger partial charge in [0, 0.05) is 11.6 Å². The van der Waals surface area contributed by atoms with Crippen molar-refractivity contribution in [2.24, 2.45) is 0 Å². The summed E-state index contributed by atoms with van der Waals surface area (Å²) >= 11 is 0. The van der Waals surface area contributed by atoms with Gasteiger partial charge in [0.1, 0.15) is 17.7 Å². The molecule has 2 unspecified atom stereocenters. The van der Waals surface area contributed by atoms with Crippen LogP contribution in [0.5, 0.6) is 0 Å². The van der Waals surface area contributed by atoms with Gasteiger partial charge >= 0.3 is 0 Å². The summed E-state index contributed by atoms with van der Waals surface area (Å²) in [5.74, 6) is 0.484. The fourth-order valence-corrected chi connectivity index (χ4v) is 3.00. The zero-order valence-electron chi connectivity index (χ0n) is 12.4. The Morgan fingerprint density at radius 3 is 2.91 bits per heavy atom. The molecule has 1 aliphatic carbocycles. The van der Waals surface area contributed by atoms with E-state index < -0.39 is 6.10 Å². The van der Waals surface area contributed by atoms with Gasteiger partial charge in [-0.1, -0.05) is 0 Å². The summed E-state index contributed by atoms with van der Waals surface area (Å²) in [6, 6.07) is 6.79. The van der Waals surface area contributed by atoms with Gasteiger partial charge in [0.2, 0.25) is 0 Å². The minimum atomic E-state index is -0.677. The summed E-state index contributed by atoms with van der Waals surface area (Å²) in [6.07, 6.45) is 3.57. The Balaban J connectivity index is 1.90. The third-order valence-electron chi connectivity index (χ3n) is 4.06. The van der Waals surface area contributed by atoms with E-state index in [9.17, 15) is 9.50 Å². The van der Waals surface area contributed by atoms with Crippen LogP contribution in [0.1, 0.15) is 30.7 Å². The number of aliphatic hydroxyl groups is 1. The first kappa shape index (κ1) is 14.7. The number of benzene rings is 1. The van der Waals surface area contributed by atoms with Crippen LogP contribution < -0.4 is 0 Å². The van der Waals surface area contributed by atoms with Gasteiger partial charge in [-0.3, -0.25) is 0 Å². The molecule has 0 saturated heterocycles. The number of aromatic nitrogens is 4. The lowest BCUT2D eigenvalue weighted by atomic mass is 10.2. The maximum absolute atomic E-state index is 13.6. The maximum atomic E-state index is 13.6. The first-order chi connectivity index (χ1) is 11.2.